The van der Waals surface area contributed by atoms with Gasteiger partial charge in [0.2, 0.25) is 0 Å². The monoisotopic (exact) mass is 433 g/mol. The van der Waals surface area contributed by atoms with Crippen LogP contribution in [0.5, 0.6) is 5.75 Å². The summed E-state index contributed by atoms with van der Waals surface area (Å²) in [6.45, 7) is 3.60. The summed E-state index contributed by atoms with van der Waals surface area (Å²) in [5.41, 5.74) is 6.51. The zero-order chi connectivity index (χ0) is 17.1. The van der Waals surface area contributed by atoms with E-state index in [-0.39, 0.29) is 24.2 Å². The second kappa shape index (κ2) is 7.70. The van der Waals surface area contributed by atoms with E-state index in [1.54, 1.807) is 24.1 Å². The summed E-state index contributed by atoms with van der Waals surface area (Å²) in [6, 6.07) is 2.34. The van der Waals surface area contributed by atoms with Gasteiger partial charge in [0.1, 0.15) is 0 Å². The fourth-order valence-corrected chi connectivity index (χ4v) is 3.63. The molecule has 0 bridgehead atoms. The number of aliphatic hydroxyl groups excluding tert-OH is 1. The van der Waals surface area contributed by atoms with Crippen molar-refractivity contribution in [1.29, 1.82) is 0 Å². The Morgan fingerprint density at radius 3 is 2.83 bits per heavy atom. The third-order valence-corrected chi connectivity index (χ3v) is 4.72. The molecule has 0 aromatic heterocycles. The summed E-state index contributed by atoms with van der Waals surface area (Å²) in [6.07, 6.45) is 0.349. The normalized spacial score (nSPS) is 21.7. The van der Waals surface area contributed by atoms with Gasteiger partial charge < -0.3 is 0 Å². The molecular weight excluding hydrogens is 413 g/mol. The van der Waals surface area contributed by atoms with Gasteiger partial charge in [0, 0.05) is 0 Å². The molecule has 1 aromatic carbocycles. The van der Waals surface area contributed by atoms with Gasteiger partial charge in [0.15, 0.2) is 0 Å². The Kier molecular flexibility index (Phi) is 6.13. The molecule has 0 unspecified atom stereocenters. The van der Waals surface area contributed by atoms with E-state index < -0.39 is 39.3 Å². The molecule has 2 radical (unpaired) electrons. The van der Waals surface area contributed by atoms with Crippen LogP contribution in [0.4, 0.5) is 10.1 Å². The Labute approximate surface area is 147 Å². The second-order valence-electron chi connectivity index (χ2n) is 5.94. The Hall–Kier alpha value is -1.03. The Balaban J connectivity index is 2.58. The minimum absolute atomic E-state index is 0.0313. The van der Waals surface area contributed by atoms with Gasteiger partial charge >= 0.3 is 147 Å². The molecule has 8 heteroatoms. The van der Waals surface area contributed by atoms with Crippen molar-refractivity contribution in [3.63, 3.8) is 0 Å². The number of amides is 1. The van der Waals surface area contributed by atoms with Crippen LogP contribution in [0.15, 0.2) is 12.1 Å². The van der Waals surface area contributed by atoms with E-state index >= 15 is 0 Å². The van der Waals surface area contributed by atoms with Gasteiger partial charge in [-0.25, -0.2) is 0 Å². The van der Waals surface area contributed by atoms with Crippen LogP contribution < -0.4 is 34.7 Å². The molecule has 1 aliphatic rings. The molecule has 1 amide bonds. The summed E-state index contributed by atoms with van der Waals surface area (Å²) < 4.78 is 20.1. The number of anilines is 1. The number of nitrogens with one attached hydrogen (secondary N) is 1. The number of carbonyl (C=O) groups excluding carboxylic acids is 1. The van der Waals surface area contributed by atoms with E-state index in [1.807, 2.05) is 13.8 Å². The van der Waals surface area contributed by atoms with Crippen molar-refractivity contribution in [2.45, 2.75) is 32.4 Å². The van der Waals surface area contributed by atoms with Crippen LogP contribution in [0.2, 0.25) is 0 Å². The predicted octanol–water partition coefficient (Wildman–Crippen LogP) is -2.21. The van der Waals surface area contributed by atoms with Crippen molar-refractivity contribution in [2.24, 2.45) is 5.92 Å². The Bertz CT molecular complexity index is 588. The molecule has 2 N–H and O–H groups in total. The molecule has 126 valence electrons. The van der Waals surface area contributed by atoms with Gasteiger partial charge in [-0.3, -0.25) is 0 Å². The van der Waals surface area contributed by atoms with Crippen molar-refractivity contribution in [2.75, 3.05) is 18.6 Å². The van der Waals surface area contributed by atoms with E-state index in [1.165, 1.54) is 0 Å². The van der Waals surface area contributed by atoms with Crippen LogP contribution in [0.3, 0.4) is 0 Å². The molecular formula is C15H20BFIN2O3-. The molecule has 2 atom stereocenters. The third kappa shape index (κ3) is 3.73. The summed E-state index contributed by atoms with van der Waals surface area (Å²) in [5.74, 6) is -0.650. The number of likely N-dealkylation sites (N-methyl/N-ethyl adjacent to an activating group) is 1. The van der Waals surface area contributed by atoms with Crippen molar-refractivity contribution < 1.29 is 38.8 Å². The predicted molar refractivity (Wildman–Crippen MR) is 82.5 cm³/mol. The van der Waals surface area contributed by atoms with Gasteiger partial charge in [-0.05, 0) is 0 Å². The van der Waals surface area contributed by atoms with Gasteiger partial charge in [0.05, 0.1) is 0 Å². The topological polar surface area (TPSA) is 61.8 Å². The molecule has 1 aromatic rings. The molecule has 0 spiro atoms. The SMILES string of the molecule is [B][I-]Oc1ccc2c(c1F)N(C)[C@H](C(C)C)C(=O)N[C@@H](CO)C2. The Morgan fingerprint density at radius 2 is 2.26 bits per heavy atom. The van der Waals surface area contributed by atoms with Crippen molar-refractivity contribution in [3.05, 3.63) is 23.5 Å². The number of halogens is 2. The number of fused-ring (bicyclic) bond motifs is 1. The van der Waals surface area contributed by atoms with Crippen LogP contribution in [0.1, 0.15) is 19.4 Å². The summed E-state index contributed by atoms with van der Waals surface area (Å²) in [4.78, 5) is 14.1. The van der Waals surface area contributed by atoms with E-state index in [0.29, 0.717) is 12.1 Å². The van der Waals surface area contributed by atoms with E-state index in [4.69, 9.17) is 8.77 Å². The van der Waals surface area contributed by atoms with Crippen LogP contribution in [0.25, 0.3) is 0 Å². The summed E-state index contributed by atoms with van der Waals surface area (Å²) in [5, 5.41) is 12.3. The standard InChI is InChI=1S/C15H20BFIN2O3/c1-8(2)13-15(22)19-10(7-21)6-9-4-5-11(23-18-16)12(17)14(9)20(13)3/h4-5,8,10,13,21H,6-7H2,1-3H3,(H,19,22)/q-1/t10-,13-/m1/s1. The van der Waals surface area contributed by atoms with Crippen LogP contribution in [-0.4, -0.2) is 42.5 Å². The first-order valence-electron chi connectivity index (χ1n) is 7.36. The average Bonchev–Trinajstić information content (AvgIpc) is 2.47. The van der Waals surface area contributed by atoms with Gasteiger partial charge in [0.25, 0.3) is 0 Å². The Morgan fingerprint density at radius 1 is 1.57 bits per heavy atom. The third-order valence-electron chi connectivity index (χ3n) is 4.00. The van der Waals surface area contributed by atoms with Gasteiger partial charge in [-0.1, -0.05) is 0 Å². The molecule has 23 heavy (non-hydrogen) atoms. The van der Waals surface area contributed by atoms with E-state index in [2.05, 4.69) is 5.32 Å². The number of nitrogens with zero attached hydrogens (tertiary/aromatic N) is 1. The summed E-state index contributed by atoms with van der Waals surface area (Å²) >= 11 is -1.05. The molecule has 1 aliphatic heterocycles. The zero-order valence-electron chi connectivity index (χ0n) is 13.3. The van der Waals surface area contributed by atoms with E-state index in [0.717, 1.165) is 5.56 Å². The van der Waals surface area contributed by atoms with Crippen LogP contribution >= 0.6 is 0 Å². The molecule has 0 saturated carbocycles. The average molecular weight is 433 g/mol. The molecule has 0 fully saturated rings. The first-order valence-corrected chi connectivity index (χ1v) is 9.49. The number of aliphatic hydroxyl groups is 1. The number of benzene rings is 1. The number of hydrogen-bond acceptors (Lipinski definition) is 4. The number of hydrogen-bond donors (Lipinski definition) is 2. The number of carbonyl (C=O) groups is 1. The summed E-state index contributed by atoms with van der Waals surface area (Å²) in [7, 11) is 1.70. The van der Waals surface area contributed by atoms with Gasteiger partial charge in [-0.15, -0.1) is 0 Å². The molecule has 0 saturated heterocycles. The van der Waals surface area contributed by atoms with E-state index in [9.17, 15) is 14.3 Å². The maximum atomic E-state index is 14.9. The van der Waals surface area contributed by atoms with Crippen molar-refractivity contribution >= 4 is 17.3 Å². The number of rotatable bonds is 4. The van der Waals surface area contributed by atoms with Crippen LogP contribution in [0, 0.1) is 11.7 Å². The van der Waals surface area contributed by atoms with Crippen molar-refractivity contribution in [3.8, 4) is 5.75 Å². The fourth-order valence-electron chi connectivity index (χ4n) is 3.02. The van der Waals surface area contributed by atoms with Crippen LogP contribution in [-0.2, 0) is 11.2 Å². The second-order valence-corrected chi connectivity index (χ2v) is 6.89. The molecule has 0 aliphatic carbocycles. The maximum absolute atomic E-state index is 14.9. The fraction of sp³-hybridized carbons (Fsp3) is 0.533. The van der Waals surface area contributed by atoms with Gasteiger partial charge in [-0.2, -0.15) is 0 Å². The molecule has 5 nitrogen and oxygen atoms in total. The quantitative estimate of drug-likeness (QED) is 0.418. The minimum atomic E-state index is -1.05. The first kappa shape index (κ1) is 18.3. The molecule has 1 heterocycles. The zero-order valence-corrected chi connectivity index (χ0v) is 15.5. The first-order chi connectivity index (χ1) is 10.9. The molecule has 2 rings (SSSR count). The van der Waals surface area contributed by atoms with Crippen molar-refractivity contribution in [1.82, 2.24) is 5.32 Å².